The lowest BCUT2D eigenvalue weighted by atomic mass is 9.94. The van der Waals surface area contributed by atoms with Crippen LogP contribution < -0.4 is 15.4 Å². The summed E-state index contributed by atoms with van der Waals surface area (Å²) in [5.74, 6) is -0.233. The Morgan fingerprint density at radius 1 is 1.00 bits per heavy atom. The van der Waals surface area contributed by atoms with E-state index < -0.39 is 23.8 Å². The molecule has 8 heteroatoms. The molecule has 0 heterocycles. The smallest absolute Gasteiger partial charge is 0.408 e. The summed E-state index contributed by atoms with van der Waals surface area (Å²) >= 11 is 0. The third-order valence-electron chi connectivity index (χ3n) is 6.29. The van der Waals surface area contributed by atoms with E-state index in [-0.39, 0.29) is 17.7 Å². The molecule has 2 rings (SSSR count). The standard InChI is InChI=1S/C31H45N3O5/c1-10-11-18-34(29(36)26(20(2)3)33-30(37)39-31(6,7)8)27(25-19-21(4)12-13-22(25)5)28(35)32-23-14-16-24(38-9)17-15-23/h12-17,19-20,26-27H,10-11,18H2,1-9H3,(H,32,35)(H,33,37). The molecule has 3 amide bonds. The van der Waals surface area contributed by atoms with Gasteiger partial charge in [-0.15, -0.1) is 0 Å². The molecule has 0 bridgehead atoms. The van der Waals surface area contributed by atoms with Crippen molar-refractivity contribution in [3.8, 4) is 5.75 Å². The Labute approximate surface area is 233 Å². The van der Waals surface area contributed by atoms with Crippen molar-refractivity contribution in [1.82, 2.24) is 10.2 Å². The first-order valence-corrected chi connectivity index (χ1v) is 13.6. The fraction of sp³-hybridized carbons (Fsp3) is 0.516. The highest BCUT2D eigenvalue weighted by Gasteiger charge is 2.38. The lowest BCUT2D eigenvalue weighted by Gasteiger charge is -2.36. The second kappa shape index (κ2) is 14.0. The van der Waals surface area contributed by atoms with Gasteiger partial charge in [0.15, 0.2) is 0 Å². The molecule has 2 N–H and O–H groups in total. The molecule has 0 saturated heterocycles. The summed E-state index contributed by atoms with van der Waals surface area (Å²) in [5.41, 5.74) is 2.49. The van der Waals surface area contributed by atoms with Gasteiger partial charge in [-0.1, -0.05) is 51.0 Å². The van der Waals surface area contributed by atoms with Crippen LogP contribution in [-0.2, 0) is 14.3 Å². The Hall–Kier alpha value is -3.55. The number of carbonyl (C=O) groups is 3. The van der Waals surface area contributed by atoms with Crippen LogP contribution in [0.25, 0.3) is 0 Å². The van der Waals surface area contributed by atoms with Gasteiger partial charge in [-0.05, 0) is 82.3 Å². The van der Waals surface area contributed by atoms with Crippen molar-refractivity contribution in [2.75, 3.05) is 19.0 Å². The molecule has 0 spiro atoms. The highest BCUT2D eigenvalue weighted by atomic mass is 16.6. The number of alkyl carbamates (subject to hydrolysis) is 1. The number of benzene rings is 2. The van der Waals surface area contributed by atoms with Crippen LogP contribution in [-0.4, -0.2) is 48.1 Å². The van der Waals surface area contributed by atoms with E-state index in [0.717, 1.165) is 23.1 Å². The largest absolute Gasteiger partial charge is 0.497 e. The highest BCUT2D eigenvalue weighted by molar-refractivity contribution is 5.99. The second-order valence-corrected chi connectivity index (χ2v) is 11.2. The third kappa shape index (κ3) is 9.30. The maximum Gasteiger partial charge on any atom is 0.408 e. The summed E-state index contributed by atoms with van der Waals surface area (Å²) in [6.07, 6.45) is 0.853. The number of rotatable bonds is 11. The summed E-state index contributed by atoms with van der Waals surface area (Å²) in [6, 6.07) is 11.2. The molecule has 0 saturated carbocycles. The Morgan fingerprint density at radius 3 is 2.18 bits per heavy atom. The molecule has 2 atom stereocenters. The number of nitrogens with one attached hydrogen (secondary N) is 2. The molecular formula is C31H45N3O5. The fourth-order valence-corrected chi connectivity index (χ4v) is 4.21. The zero-order valence-corrected chi connectivity index (χ0v) is 24.9. The normalized spacial score (nSPS) is 12.9. The fourth-order valence-electron chi connectivity index (χ4n) is 4.21. The summed E-state index contributed by atoms with van der Waals surface area (Å²) in [7, 11) is 1.58. The molecule has 0 radical (unpaired) electrons. The molecule has 0 fully saturated rings. The number of ether oxygens (including phenoxy) is 2. The van der Waals surface area contributed by atoms with E-state index >= 15 is 0 Å². The zero-order chi connectivity index (χ0) is 29.3. The molecule has 39 heavy (non-hydrogen) atoms. The Kier molecular flexibility index (Phi) is 11.4. The van der Waals surface area contributed by atoms with Gasteiger partial charge in [-0.25, -0.2) is 4.79 Å². The van der Waals surface area contributed by atoms with Crippen molar-refractivity contribution in [3.05, 3.63) is 59.2 Å². The van der Waals surface area contributed by atoms with Gasteiger partial charge in [0.25, 0.3) is 5.91 Å². The van der Waals surface area contributed by atoms with Gasteiger partial charge in [0.1, 0.15) is 23.4 Å². The quantitative estimate of drug-likeness (QED) is 0.356. The minimum absolute atomic E-state index is 0.238. The molecule has 0 aliphatic carbocycles. The highest BCUT2D eigenvalue weighted by Crippen LogP contribution is 2.29. The van der Waals surface area contributed by atoms with Gasteiger partial charge >= 0.3 is 6.09 Å². The van der Waals surface area contributed by atoms with E-state index in [2.05, 4.69) is 10.6 Å². The van der Waals surface area contributed by atoms with E-state index in [1.807, 2.05) is 52.8 Å². The summed E-state index contributed by atoms with van der Waals surface area (Å²) in [5, 5.41) is 5.76. The Morgan fingerprint density at radius 2 is 1.64 bits per heavy atom. The first-order valence-electron chi connectivity index (χ1n) is 13.6. The van der Waals surface area contributed by atoms with Crippen LogP contribution in [0.1, 0.15) is 77.1 Å². The first kappa shape index (κ1) is 31.7. The molecule has 2 aromatic rings. The molecule has 0 aliphatic heterocycles. The van der Waals surface area contributed by atoms with Gasteiger partial charge in [-0.2, -0.15) is 0 Å². The monoisotopic (exact) mass is 539 g/mol. The molecule has 214 valence electrons. The van der Waals surface area contributed by atoms with Gasteiger partial charge in [0, 0.05) is 12.2 Å². The van der Waals surface area contributed by atoms with Crippen LogP contribution in [0.5, 0.6) is 5.75 Å². The predicted octanol–water partition coefficient (Wildman–Crippen LogP) is 6.17. The van der Waals surface area contributed by atoms with Crippen molar-refractivity contribution in [2.45, 2.75) is 85.9 Å². The molecule has 2 aromatic carbocycles. The molecule has 0 aromatic heterocycles. The maximum atomic E-state index is 14.2. The number of hydrogen-bond donors (Lipinski definition) is 2. The summed E-state index contributed by atoms with van der Waals surface area (Å²) in [4.78, 5) is 42.5. The summed E-state index contributed by atoms with van der Waals surface area (Å²) in [6.45, 7) is 15.3. The van der Waals surface area contributed by atoms with Crippen LogP contribution >= 0.6 is 0 Å². The summed E-state index contributed by atoms with van der Waals surface area (Å²) < 4.78 is 10.7. The number of nitrogens with zero attached hydrogens (tertiary/aromatic N) is 1. The Balaban J connectivity index is 2.56. The number of anilines is 1. The molecular weight excluding hydrogens is 494 g/mol. The minimum atomic E-state index is -0.910. The van der Waals surface area contributed by atoms with Crippen LogP contribution in [0.15, 0.2) is 42.5 Å². The molecule has 0 aliphatic rings. The average Bonchev–Trinajstić information content (AvgIpc) is 2.85. The van der Waals surface area contributed by atoms with Crippen molar-refractivity contribution in [1.29, 1.82) is 0 Å². The number of aryl methyl sites for hydroxylation is 2. The predicted molar refractivity (Wildman–Crippen MR) is 155 cm³/mol. The van der Waals surface area contributed by atoms with Crippen LogP contribution in [0.3, 0.4) is 0 Å². The van der Waals surface area contributed by atoms with Gasteiger partial charge in [-0.3, -0.25) is 9.59 Å². The minimum Gasteiger partial charge on any atom is -0.497 e. The van der Waals surface area contributed by atoms with Crippen LogP contribution in [0.2, 0.25) is 0 Å². The van der Waals surface area contributed by atoms with Crippen LogP contribution in [0.4, 0.5) is 10.5 Å². The number of hydrogen-bond acceptors (Lipinski definition) is 5. The molecule has 8 nitrogen and oxygen atoms in total. The van der Waals surface area contributed by atoms with Crippen molar-refractivity contribution in [3.63, 3.8) is 0 Å². The van der Waals surface area contributed by atoms with E-state index in [9.17, 15) is 14.4 Å². The second-order valence-electron chi connectivity index (χ2n) is 11.2. The lowest BCUT2D eigenvalue weighted by Crippen LogP contribution is -2.54. The van der Waals surface area contributed by atoms with Crippen LogP contribution in [0, 0.1) is 19.8 Å². The topological polar surface area (TPSA) is 97.0 Å². The van der Waals surface area contributed by atoms with Gasteiger partial charge in [0.2, 0.25) is 5.91 Å². The zero-order valence-electron chi connectivity index (χ0n) is 24.9. The molecule has 2 unspecified atom stereocenters. The van der Waals surface area contributed by atoms with Gasteiger partial charge < -0.3 is 25.0 Å². The number of methoxy groups -OCH3 is 1. The number of unbranched alkanes of at least 4 members (excludes halogenated alkanes) is 1. The van der Waals surface area contributed by atoms with E-state index in [1.165, 1.54) is 0 Å². The number of amides is 3. The van der Waals surface area contributed by atoms with E-state index in [0.29, 0.717) is 24.4 Å². The maximum absolute atomic E-state index is 14.2. The third-order valence-corrected chi connectivity index (χ3v) is 6.29. The van der Waals surface area contributed by atoms with Gasteiger partial charge in [0.05, 0.1) is 7.11 Å². The van der Waals surface area contributed by atoms with Crippen molar-refractivity contribution in [2.24, 2.45) is 5.92 Å². The Bertz CT molecular complexity index is 1120. The number of carbonyl (C=O) groups excluding carboxylic acids is 3. The first-order chi connectivity index (χ1) is 18.3. The lowest BCUT2D eigenvalue weighted by molar-refractivity contribution is -0.141. The SMILES string of the molecule is CCCCN(C(=O)C(NC(=O)OC(C)(C)C)C(C)C)C(C(=O)Nc1ccc(OC)cc1)c1cc(C)ccc1C. The average molecular weight is 540 g/mol. The van der Waals surface area contributed by atoms with Crippen molar-refractivity contribution < 1.29 is 23.9 Å². The van der Waals surface area contributed by atoms with Crippen molar-refractivity contribution >= 4 is 23.6 Å². The van der Waals surface area contributed by atoms with E-state index in [1.54, 1.807) is 57.0 Å². The van der Waals surface area contributed by atoms with E-state index in [4.69, 9.17) is 9.47 Å².